The van der Waals surface area contributed by atoms with E-state index in [1.807, 2.05) is 32.0 Å². The van der Waals surface area contributed by atoms with Gasteiger partial charge in [-0.25, -0.2) is 0 Å². The van der Waals surface area contributed by atoms with E-state index in [1.165, 1.54) is 0 Å². The fourth-order valence-electron chi connectivity index (χ4n) is 1.50. The van der Waals surface area contributed by atoms with Crippen molar-refractivity contribution in [1.29, 1.82) is 0 Å². The molecule has 0 atom stereocenters. The van der Waals surface area contributed by atoms with Gasteiger partial charge in [0.15, 0.2) is 0 Å². The zero-order valence-electron chi connectivity index (χ0n) is 9.59. The third kappa shape index (κ3) is 3.80. The molecule has 0 radical (unpaired) electrons. The number of carbonyl (C=O) groups is 1. The number of Topliss-reactive ketones (excluding diaryl/α,β-unsaturated/α-hetero) is 1. The molecule has 88 valence electrons. The Labute approximate surface area is 107 Å². The molecule has 0 amide bonds. The minimum atomic E-state index is 0.113. The maximum absolute atomic E-state index is 11.4. The van der Waals surface area contributed by atoms with Gasteiger partial charge in [-0.1, -0.05) is 43.1 Å². The van der Waals surface area contributed by atoms with Crippen LogP contribution in [0.15, 0.2) is 18.2 Å². The predicted octanol–water partition coefficient (Wildman–Crippen LogP) is 4.54. The van der Waals surface area contributed by atoms with Crippen molar-refractivity contribution < 1.29 is 4.79 Å². The molecule has 0 aliphatic rings. The van der Waals surface area contributed by atoms with Gasteiger partial charge in [0.05, 0.1) is 0 Å². The van der Waals surface area contributed by atoms with E-state index in [1.54, 1.807) is 0 Å². The van der Waals surface area contributed by atoms with Crippen molar-refractivity contribution in [3.05, 3.63) is 33.8 Å². The van der Waals surface area contributed by atoms with Crippen LogP contribution in [0, 0.1) is 5.92 Å². The Bertz CT molecular complexity index is 352. The average molecular weight is 259 g/mol. The van der Waals surface area contributed by atoms with Crippen molar-refractivity contribution in [2.24, 2.45) is 5.92 Å². The molecule has 0 aliphatic heterocycles. The first kappa shape index (κ1) is 13.5. The number of halogens is 2. The van der Waals surface area contributed by atoms with Crippen LogP contribution >= 0.6 is 23.2 Å². The summed E-state index contributed by atoms with van der Waals surface area (Å²) in [4.78, 5) is 11.4. The molecule has 0 spiro atoms. The standard InChI is InChI=1S/C13H16Cl2O/c1-9(2)13(16)8-3-5-10-11(14)6-4-7-12(10)15/h4,6-7,9H,3,5,8H2,1-2H3. The Balaban J connectivity index is 2.52. The van der Waals surface area contributed by atoms with E-state index in [2.05, 4.69) is 0 Å². The molecule has 1 aromatic carbocycles. The average Bonchev–Trinajstić information content (AvgIpc) is 2.22. The highest BCUT2D eigenvalue weighted by Crippen LogP contribution is 2.25. The lowest BCUT2D eigenvalue weighted by atomic mass is 10.0. The summed E-state index contributed by atoms with van der Waals surface area (Å²) in [5.41, 5.74) is 0.947. The molecule has 0 unspecified atom stereocenters. The van der Waals surface area contributed by atoms with Gasteiger partial charge in [-0.2, -0.15) is 0 Å². The van der Waals surface area contributed by atoms with Gasteiger partial charge in [-0.05, 0) is 30.5 Å². The van der Waals surface area contributed by atoms with Crippen LogP contribution in [0.3, 0.4) is 0 Å². The zero-order valence-corrected chi connectivity index (χ0v) is 11.1. The molecule has 3 heteroatoms. The third-order valence-electron chi connectivity index (χ3n) is 2.56. The summed E-state index contributed by atoms with van der Waals surface area (Å²) in [6.07, 6.45) is 2.16. The highest BCUT2D eigenvalue weighted by molar-refractivity contribution is 6.35. The topological polar surface area (TPSA) is 17.1 Å². The molecule has 0 fully saturated rings. The van der Waals surface area contributed by atoms with Crippen molar-refractivity contribution in [1.82, 2.24) is 0 Å². The largest absolute Gasteiger partial charge is 0.299 e. The molecule has 0 heterocycles. The van der Waals surface area contributed by atoms with Crippen LogP contribution in [-0.4, -0.2) is 5.78 Å². The minimum Gasteiger partial charge on any atom is -0.299 e. The van der Waals surface area contributed by atoms with Crippen molar-refractivity contribution in [3.8, 4) is 0 Å². The number of benzene rings is 1. The van der Waals surface area contributed by atoms with Crippen LogP contribution in [0.2, 0.25) is 10.0 Å². The molecule has 0 bridgehead atoms. The number of ketones is 1. The van der Waals surface area contributed by atoms with E-state index in [9.17, 15) is 4.79 Å². The van der Waals surface area contributed by atoms with E-state index in [-0.39, 0.29) is 5.92 Å². The van der Waals surface area contributed by atoms with Gasteiger partial charge in [-0.3, -0.25) is 4.79 Å². The SMILES string of the molecule is CC(C)C(=O)CCCc1c(Cl)cccc1Cl. The maximum Gasteiger partial charge on any atom is 0.135 e. The van der Waals surface area contributed by atoms with Crippen LogP contribution < -0.4 is 0 Å². The number of hydrogen-bond acceptors (Lipinski definition) is 1. The molecule has 0 N–H and O–H groups in total. The molecule has 1 rings (SSSR count). The predicted molar refractivity (Wildman–Crippen MR) is 69.2 cm³/mol. The van der Waals surface area contributed by atoms with Gasteiger partial charge in [0.1, 0.15) is 5.78 Å². The van der Waals surface area contributed by atoms with E-state index >= 15 is 0 Å². The van der Waals surface area contributed by atoms with Crippen molar-refractivity contribution in [3.63, 3.8) is 0 Å². The minimum absolute atomic E-state index is 0.113. The van der Waals surface area contributed by atoms with Gasteiger partial charge in [0.25, 0.3) is 0 Å². The van der Waals surface area contributed by atoms with Crippen LogP contribution in [0.1, 0.15) is 32.3 Å². The van der Waals surface area contributed by atoms with E-state index < -0.39 is 0 Å². The van der Waals surface area contributed by atoms with Gasteiger partial charge in [0.2, 0.25) is 0 Å². The fraction of sp³-hybridized carbons (Fsp3) is 0.462. The van der Waals surface area contributed by atoms with Gasteiger partial charge < -0.3 is 0 Å². The van der Waals surface area contributed by atoms with Crippen molar-refractivity contribution in [2.75, 3.05) is 0 Å². The molecule has 0 saturated carbocycles. The second kappa shape index (κ2) is 6.27. The quantitative estimate of drug-likeness (QED) is 0.758. The Morgan fingerprint density at radius 1 is 1.25 bits per heavy atom. The normalized spacial score (nSPS) is 10.8. The second-order valence-corrected chi connectivity index (χ2v) is 4.99. The Morgan fingerprint density at radius 2 is 1.81 bits per heavy atom. The molecular formula is C13H16Cl2O. The molecule has 1 nitrogen and oxygen atoms in total. The Kier molecular flexibility index (Phi) is 5.30. The number of rotatable bonds is 5. The molecule has 0 aliphatic carbocycles. The summed E-state index contributed by atoms with van der Waals surface area (Å²) >= 11 is 12.1. The van der Waals surface area contributed by atoms with Crippen molar-refractivity contribution >= 4 is 29.0 Å². The second-order valence-electron chi connectivity index (χ2n) is 4.17. The monoisotopic (exact) mass is 258 g/mol. The summed E-state index contributed by atoms with van der Waals surface area (Å²) in [5, 5.41) is 1.37. The van der Waals surface area contributed by atoms with Crippen LogP contribution in [0.5, 0.6) is 0 Å². The molecule has 1 aromatic rings. The van der Waals surface area contributed by atoms with Gasteiger partial charge >= 0.3 is 0 Å². The van der Waals surface area contributed by atoms with Crippen LogP contribution in [0.4, 0.5) is 0 Å². The lowest BCUT2D eigenvalue weighted by molar-refractivity contribution is -0.121. The summed E-state index contributed by atoms with van der Waals surface area (Å²) in [6.45, 7) is 3.84. The molecule has 16 heavy (non-hydrogen) atoms. The zero-order chi connectivity index (χ0) is 12.1. The summed E-state index contributed by atoms with van der Waals surface area (Å²) in [7, 11) is 0. The summed E-state index contributed by atoms with van der Waals surface area (Å²) in [6, 6.07) is 5.48. The maximum atomic E-state index is 11.4. The van der Waals surface area contributed by atoms with Crippen molar-refractivity contribution in [2.45, 2.75) is 33.1 Å². The first-order valence-corrected chi connectivity index (χ1v) is 6.23. The first-order chi connectivity index (χ1) is 7.52. The van der Waals surface area contributed by atoms with Crippen LogP contribution in [-0.2, 0) is 11.2 Å². The van der Waals surface area contributed by atoms with Gasteiger partial charge in [0, 0.05) is 22.4 Å². The lowest BCUT2D eigenvalue weighted by Crippen LogP contribution is -2.06. The van der Waals surface area contributed by atoms with E-state index in [4.69, 9.17) is 23.2 Å². The van der Waals surface area contributed by atoms with Gasteiger partial charge in [-0.15, -0.1) is 0 Å². The summed E-state index contributed by atoms with van der Waals surface area (Å²) in [5.74, 6) is 0.407. The highest BCUT2D eigenvalue weighted by Gasteiger charge is 2.09. The fourth-order valence-corrected chi connectivity index (χ4v) is 2.09. The van der Waals surface area contributed by atoms with Crippen LogP contribution in [0.25, 0.3) is 0 Å². The molecule has 0 saturated heterocycles. The Morgan fingerprint density at radius 3 is 2.31 bits per heavy atom. The lowest BCUT2D eigenvalue weighted by Gasteiger charge is -2.07. The molecule has 0 aromatic heterocycles. The third-order valence-corrected chi connectivity index (χ3v) is 3.26. The number of hydrogen-bond donors (Lipinski definition) is 0. The van der Waals surface area contributed by atoms with E-state index in [0.717, 1.165) is 18.4 Å². The summed E-state index contributed by atoms with van der Waals surface area (Å²) < 4.78 is 0. The smallest absolute Gasteiger partial charge is 0.135 e. The molecular weight excluding hydrogens is 243 g/mol. The highest BCUT2D eigenvalue weighted by atomic mass is 35.5. The van der Waals surface area contributed by atoms with E-state index in [0.29, 0.717) is 22.2 Å². The first-order valence-electron chi connectivity index (χ1n) is 5.48. The number of carbonyl (C=O) groups excluding carboxylic acids is 1. The Hall–Kier alpha value is -0.530.